The summed E-state index contributed by atoms with van der Waals surface area (Å²) in [6.07, 6.45) is 17.2. The topological polar surface area (TPSA) is 105 Å². The second-order valence-corrected chi connectivity index (χ2v) is 9.53. The maximum absolute atomic E-state index is 6.24. The number of aromatic amines is 2. The van der Waals surface area contributed by atoms with Crippen LogP contribution < -0.4 is 4.74 Å². The van der Waals surface area contributed by atoms with Gasteiger partial charge < -0.3 is 9.72 Å². The molecule has 1 aliphatic carbocycles. The summed E-state index contributed by atoms with van der Waals surface area (Å²) >= 11 is 0. The van der Waals surface area contributed by atoms with Gasteiger partial charge in [0.25, 0.3) is 0 Å². The molecular formula is C29H25N7O. The molecule has 0 aromatic carbocycles. The number of fused-ring (bicyclic) bond motifs is 2. The van der Waals surface area contributed by atoms with Gasteiger partial charge in [0.15, 0.2) is 0 Å². The molecule has 0 radical (unpaired) electrons. The molecule has 0 aliphatic heterocycles. The lowest BCUT2D eigenvalue weighted by Crippen LogP contribution is -2.19. The number of aromatic nitrogens is 7. The van der Waals surface area contributed by atoms with Crippen molar-refractivity contribution in [1.82, 2.24) is 35.1 Å². The van der Waals surface area contributed by atoms with Gasteiger partial charge >= 0.3 is 0 Å². The molecule has 182 valence electrons. The molecule has 8 heteroatoms. The van der Waals surface area contributed by atoms with Gasteiger partial charge in [0, 0.05) is 46.9 Å². The van der Waals surface area contributed by atoms with Gasteiger partial charge in [-0.25, -0.2) is 4.98 Å². The zero-order valence-corrected chi connectivity index (χ0v) is 20.2. The molecule has 37 heavy (non-hydrogen) atoms. The van der Waals surface area contributed by atoms with Crippen molar-refractivity contribution in [3.63, 3.8) is 0 Å². The van der Waals surface area contributed by atoms with Crippen molar-refractivity contribution in [3.05, 3.63) is 73.6 Å². The number of rotatable bonds is 5. The minimum Gasteiger partial charge on any atom is -0.489 e. The van der Waals surface area contributed by atoms with Gasteiger partial charge in [0.1, 0.15) is 17.0 Å². The Morgan fingerprint density at radius 1 is 0.811 bits per heavy atom. The Morgan fingerprint density at radius 3 is 2.59 bits per heavy atom. The van der Waals surface area contributed by atoms with Gasteiger partial charge in [-0.3, -0.25) is 20.1 Å². The second-order valence-electron chi connectivity index (χ2n) is 9.53. The predicted octanol–water partition coefficient (Wildman–Crippen LogP) is 6.34. The number of hydrogen-bond acceptors (Lipinski definition) is 6. The summed E-state index contributed by atoms with van der Waals surface area (Å²) < 4.78 is 6.24. The first kappa shape index (κ1) is 21.7. The Labute approximate surface area is 213 Å². The second kappa shape index (κ2) is 9.13. The highest BCUT2D eigenvalue weighted by Gasteiger charge is 2.17. The van der Waals surface area contributed by atoms with Crippen LogP contribution in [0.1, 0.15) is 32.1 Å². The van der Waals surface area contributed by atoms with Crippen LogP contribution in [0.5, 0.6) is 5.75 Å². The predicted molar refractivity (Wildman–Crippen MR) is 143 cm³/mol. The van der Waals surface area contributed by atoms with Crippen LogP contribution in [0.3, 0.4) is 0 Å². The lowest BCUT2D eigenvalue weighted by atomic mass is 9.98. The Kier molecular flexibility index (Phi) is 5.35. The average molecular weight is 488 g/mol. The van der Waals surface area contributed by atoms with Crippen molar-refractivity contribution in [2.24, 2.45) is 0 Å². The minimum absolute atomic E-state index is 0.273. The first-order valence-corrected chi connectivity index (χ1v) is 12.7. The van der Waals surface area contributed by atoms with E-state index in [0.29, 0.717) is 0 Å². The number of ether oxygens (including phenoxy) is 1. The molecule has 6 aromatic heterocycles. The van der Waals surface area contributed by atoms with Crippen LogP contribution in [-0.4, -0.2) is 41.2 Å². The molecule has 8 nitrogen and oxygen atoms in total. The van der Waals surface area contributed by atoms with Crippen LogP contribution >= 0.6 is 0 Å². The van der Waals surface area contributed by atoms with Gasteiger partial charge in [0.05, 0.1) is 40.9 Å². The van der Waals surface area contributed by atoms with Crippen molar-refractivity contribution in [2.45, 2.75) is 38.2 Å². The Hall–Kier alpha value is -4.59. The molecule has 0 atom stereocenters. The molecule has 7 rings (SSSR count). The van der Waals surface area contributed by atoms with Gasteiger partial charge in [-0.15, -0.1) is 0 Å². The normalized spacial score (nSPS) is 14.4. The van der Waals surface area contributed by atoms with Crippen molar-refractivity contribution < 1.29 is 4.74 Å². The monoisotopic (exact) mass is 487 g/mol. The highest BCUT2D eigenvalue weighted by atomic mass is 16.5. The lowest BCUT2D eigenvalue weighted by molar-refractivity contribution is 0.154. The van der Waals surface area contributed by atoms with Crippen LogP contribution in [0.2, 0.25) is 0 Å². The number of nitrogens with one attached hydrogen (secondary N) is 2. The smallest absolute Gasteiger partial charge is 0.138 e. The largest absolute Gasteiger partial charge is 0.489 e. The molecule has 6 heterocycles. The van der Waals surface area contributed by atoms with Crippen molar-refractivity contribution in [2.75, 3.05) is 0 Å². The summed E-state index contributed by atoms with van der Waals surface area (Å²) in [4.78, 5) is 21.6. The zero-order chi connectivity index (χ0) is 24.6. The fraction of sp³-hybridized carbons (Fsp3) is 0.207. The van der Waals surface area contributed by atoms with E-state index in [9.17, 15) is 0 Å². The van der Waals surface area contributed by atoms with E-state index in [4.69, 9.17) is 9.72 Å². The van der Waals surface area contributed by atoms with Crippen LogP contribution in [0.25, 0.3) is 55.7 Å². The van der Waals surface area contributed by atoms with E-state index in [-0.39, 0.29) is 6.10 Å². The Morgan fingerprint density at radius 2 is 1.70 bits per heavy atom. The number of hydrogen-bond donors (Lipinski definition) is 2. The van der Waals surface area contributed by atoms with Crippen LogP contribution in [0.4, 0.5) is 0 Å². The van der Waals surface area contributed by atoms with Crippen LogP contribution in [0, 0.1) is 0 Å². The fourth-order valence-electron chi connectivity index (χ4n) is 5.18. The summed E-state index contributed by atoms with van der Waals surface area (Å²) in [6.45, 7) is 0. The lowest BCUT2D eigenvalue weighted by Gasteiger charge is -2.22. The molecule has 0 saturated heterocycles. The van der Waals surface area contributed by atoms with Crippen molar-refractivity contribution >= 4 is 21.9 Å². The molecule has 1 fully saturated rings. The maximum atomic E-state index is 6.24. The molecule has 0 bridgehead atoms. The Balaban J connectivity index is 1.26. The molecular weight excluding hydrogens is 462 g/mol. The quantitative estimate of drug-likeness (QED) is 0.294. The van der Waals surface area contributed by atoms with Crippen molar-refractivity contribution in [3.8, 4) is 39.5 Å². The highest BCUT2D eigenvalue weighted by molar-refractivity contribution is 5.99. The molecule has 1 saturated carbocycles. The summed E-state index contributed by atoms with van der Waals surface area (Å²) in [7, 11) is 0. The SMILES string of the molecule is c1cncc(-c2cncc3[nH]c(-c4n[nH]c5ccc(-c6cncc(OC7CCCCC7)c6)nc45)cc23)c1. The Bertz CT molecular complexity index is 1700. The molecule has 1 aliphatic rings. The van der Waals surface area contributed by atoms with E-state index in [0.717, 1.165) is 74.3 Å². The molecule has 2 N–H and O–H groups in total. The maximum Gasteiger partial charge on any atom is 0.138 e. The first-order chi connectivity index (χ1) is 18.3. The third kappa shape index (κ3) is 4.10. The average Bonchev–Trinajstić information content (AvgIpc) is 3.58. The zero-order valence-electron chi connectivity index (χ0n) is 20.2. The summed E-state index contributed by atoms with van der Waals surface area (Å²) in [5.41, 5.74) is 7.99. The summed E-state index contributed by atoms with van der Waals surface area (Å²) in [5, 5.41) is 8.78. The molecule has 0 amide bonds. The van der Waals surface area contributed by atoms with Gasteiger partial charge in [0.2, 0.25) is 0 Å². The van der Waals surface area contributed by atoms with Gasteiger partial charge in [-0.05, 0) is 56.0 Å². The number of H-pyrrole nitrogens is 2. The van der Waals surface area contributed by atoms with E-state index in [2.05, 4.69) is 36.2 Å². The summed E-state index contributed by atoms with van der Waals surface area (Å²) in [6, 6.07) is 12.1. The summed E-state index contributed by atoms with van der Waals surface area (Å²) in [5.74, 6) is 0.796. The fourth-order valence-corrected chi connectivity index (χ4v) is 5.18. The number of pyridine rings is 4. The van der Waals surface area contributed by atoms with E-state index < -0.39 is 0 Å². The van der Waals surface area contributed by atoms with Gasteiger partial charge in [-0.2, -0.15) is 5.10 Å². The van der Waals surface area contributed by atoms with E-state index in [1.807, 2.05) is 55.1 Å². The van der Waals surface area contributed by atoms with E-state index in [1.54, 1.807) is 12.4 Å². The van der Waals surface area contributed by atoms with E-state index in [1.165, 1.54) is 19.3 Å². The van der Waals surface area contributed by atoms with Crippen LogP contribution in [0.15, 0.2) is 73.6 Å². The molecule has 0 unspecified atom stereocenters. The molecule has 0 spiro atoms. The highest BCUT2D eigenvalue weighted by Crippen LogP contribution is 2.34. The van der Waals surface area contributed by atoms with Gasteiger partial charge in [-0.1, -0.05) is 12.5 Å². The molecule has 6 aromatic rings. The van der Waals surface area contributed by atoms with Crippen LogP contribution in [-0.2, 0) is 0 Å². The number of nitrogens with zero attached hydrogens (tertiary/aromatic N) is 5. The standard InChI is InChI=1S/C29H25N7O/c1-2-6-20(7-3-1)37-21-11-19(14-31-15-21)24-8-9-25-28(34-24)29(36-35-25)26-12-22-23(16-32-17-27(22)33-26)18-5-4-10-30-13-18/h4-5,8-17,20,33H,1-3,6-7H2,(H,35,36). The minimum atomic E-state index is 0.273. The van der Waals surface area contributed by atoms with E-state index >= 15 is 0 Å². The first-order valence-electron chi connectivity index (χ1n) is 12.7. The third-order valence-corrected chi connectivity index (χ3v) is 7.04. The van der Waals surface area contributed by atoms with Crippen molar-refractivity contribution in [1.29, 1.82) is 0 Å². The third-order valence-electron chi connectivity index (χ3n) is 7.04.